The van der Waals surface area contributed by atoms with Gasteiger partial charge in [-0.1, -0.05) is 12.1 Å². The molecule has 3 rings (SSSR count). The molecule has 1 aromatic heterocycles. The van der Waals surface area contributed by atoms with Gasteiger partial charge in [0.05, 0.1) is 17.2 Å². The van der Waals surface area contributed by atoms with Crippen LogP contribution in [0.1, 0.15) is 63.4 Å². The van der Waals surface area contributed by atoms with E-state index in [1.54, 1.807) is 45.0 Å². The highest BCUT2D eigenvalue weighted by atomic mass is 16.7. The molecule has 2 amide bonds. The summed E-state index contributed by atoms with van der Waals surface area (Å²) >= 11 is 0. The average molecular weight is 513 g/mol. The molecule has 1 aliphatic carbocycles. The molecule has 12 nitrogen and oxygen atoms in total. The van der Waals surface area contributed by atoms with Gasteiger partial charge in [0.2, 0.25) is 5.88 Å². The molecule has 12 heteroatoms. The molecule has 1 fully saturated rings. The van der Waals surface area contributed by atoms with E-state index in [4.69, 9.17) is 20.0 Å². The first-order valence-corrected chi connectivity index (χ1v) is 11.7. The SMILES string of the molecule is CC(C)(O)CONC(=O)c1c(N)nc(-c2cccc(C#N)c2)nc1OC1CC(NC(=O)OC(C)(C)C)C1. The third kappa shape index (κ3) is 8.03. The summed E-state index contributed by atoms with van der Waals surface area (Å²) in [5, 5.41) is 21.8. The minimum atomic E-state index is -1.17. The first-order valence-electron chi connectivity index (χ1n) is 11.7. The Morgan fingerprint density at radius 3 is 2.54 bits per heavy atom. The third-order valence-corrected chi connectivity index (χ3v) is 5.06. The Kier molecular flexibility index (Phi) is 8.20. The van der Waals surface area contributed by atoms with Crippen LogP contribution in [0, 0.1) is 11.3 Å². The lowest BCUT2D eigenvalue weighted by Crippen LogP contribution is -2.50. The highest BCUT2D eigenvalue weighted by Crippen LogP contribution is 2.31. The van der Waals surface area contributed by atoms with Crippen molar-refractivity contribution in [3.8, 4) is 23.3 Å². The summed E-state index contributed by atoms with van der Waals surface area (Å²) in [6.45, 7) is 8.21. The summed E-state index contributed by atoms with van der Waals surface area (Å²) in [5.74, 6) is -0.817. The van der Waals surface area contributed by atoms with Crippen molar-refractivity contribution in [2.45, 2.75) is 70.8 Å². The molecule has 0 spiro atoms. The van der Waals surface area contributed by atoms with Crippen molar-refractivity contribution < 1.29 is 29.0 Å². The molecule has 1 heterocycles. The van der Waals surface area contributed by atoms with Gasteiger partial charge in [-0.15, -0.1) is 0 Å². The number of carbonyl (C=O) groups is 2. The molecule has 5 N–H and O–H groups in total. The second kappa shape index (κ2) is 11.0. The Labute approximate surface area is 215 Å². The van der Waals surface area contributed by atoms with Gasteiger partial charge in [-0.05, 0) is 46.8 Å². The van der Waals surface area contributed by atoms with Crippen molar-refractivity contribution in [2.75, 3.05) is 12.3 Å². The number of nitrogens with zero attached hydrogens (tertiary/aromatic N) is 3. The number of nitrogens with two attached hydrogens (primary N) is 1. The number of benzene rings is 1. The van der Waals surface area contributed by atoms with Crippen LogP contribution in [0.3, 0.4) is 0 Å². The van der Waals surface area contributed by atoms with Gasteiger partial charge < -0.3 is 25.6 Å². The molecule has 2 aromatic rings. The third-order valence-electron chi connectivity index (χ3n) is 5.06. The molecular weight excluding hydrogens is 480 g/mol. The van der Waals surface area contributed by atoms with Gasteiger partial charge >= 0.3 is 6.09 Å². The Morgan fingerprint density at radius 1 is 1.22 bits per heavy atom. The van der Waals surface area contributed by atoms with Gasteiger partial charge in [-0.3, -0.25) is 9.63 Å². The summed E-state index contributed by atoms with van der Waals surface area (Å²) in [6, 6.07) is 8.50. The van der Waals surface area contributed by atoms with Crippen molar-refractivity contribution in [1.82, 2.24) is 20.8 Å². The number of hydroxylamine groups is 1. The van der Waals surface area contributed by atoms with Crippen molar-refractivity contribution in [2.24, 2.45) is 0 Å². The number of ether oxygens (including phenoxy) is 2. The van der Waals surface area contributed by atoms with Gasteiger partial charge in [0, 0.05) is 24.4 Å². The number of nitrogen functional groups attached to an aromatic ring is 1. The van der Waals surface area contributed by atoms with E-state index in [0.717, 1.165) is 0 Å². The van der Waals surface area contributed by atoms with E-state index < -0.39 is 23.2 Å². The van der Waals surface area contributed by atoms with Gasteiger partial charge in [0.15, 0.2) is 5.82 Å². The standard InChI is InChI=1S/C25H32N6O6/c1-24(2,3)37-23(33)28-16-10-17(11-16)36-22-18(21(32)31-35-13-25(4,5)34)19(27)29-20(30-22)15-8-6-7-14(9-15)12-26/h6-9,16-17,34H,10-11,13H2,1-5H3,(H,28,33)(H,31,32)(H2,27,29,30). The van der Waals surface area contributed by atoms with E-state index in [0.29, 0.717) is 24.0 Å². The molecule has 198 valence electrons. The Hall–Kier alpha value is -3.95. The molecule has 0 aliphatic heterocycles. The molecule has 0 radical (unpaired) electrons. The zero-order chi connectivity index (χ0) is 27.4. The molecule has 1 saturated carbocycles. The van der Waals surface area contributed by atoms with Gasteiger partial charge in [0.25, 0.3) is 5.91 Å². The largest absolute Gasteiger partial charge is 0.473 e. The quantitative estimate of drug-likeness (QED) is 0.383. The lowest BCUT2D eigenvalue weighted by atomic mass is 9.89. The normalized spacial score (nSPS) is 17.2. The van der Waals surface area contributed by atoms with Crippen LogP contribution in [0.25, 0.3) is 11.4 Å². The topological polar surface area (TPSA) is 182 Å². The van der Waals surface area contributed by atoms with Gasteiger partial charge in [-0.25, -0.2) is 15.3 Å². The second-order valence-electron chi connectivity index (χ2n) is 10.4. The number of nitrogens with one attached hydrogen (secondary N) is 2. The van der Waals surface area contributed by atoms with Crippen molar-refractivity contribution >= 4 is 17.8 Å². The van der Waals surface area contributed by atoms with Crippen LogP contribution in [-0.2, 0) is 9.57 Å². The predicted molar refractivity (Wildman–Crippen MR) is 133 cm³/mol. The first-order chi connectivity index (χ1) is 17.2. The molecule has 1 aromatic carbocycles. The Morgan fingerprint density at radius 2 is 1.92 bits per heavy atom. The van der Waals surface area contributed by atoms with Crippen LogP contribution in [0.5, 0.6) is 5.88 Å². The molecule has 0 saturated heterocycles. The fraction of sp³-hybridized carbons (Fsp3) is 0.480. The molecule has 37 heavy (non-hydrogen) atoms. The van der Waals surface area contributed by atoms with Crippen LogP contribution in [0.15, 0.2) is 24.3 Å². The van der Waals surface area contributed by atoms with Crippen molar-refractivity contribution in [1.29, 1.82) is 5.26 Å². The monoisotopic (exact) mass is 512 g/mol. The van der Waals surface area contributed by atoms with E-state index in [1.807, 2.05) is 0 Å². The lowest BCUT2D eigenvalue weighted by Gasteiger charge is -2.36. The van der Waals surface area contributed by atoms with Crippen LogP contribution < -0.4 is 21.3 Å². The Balaban J connectivity index is 1.80. The minimum absolute atomic E-state index is 0.0741. The fourth-order valence-electron chi connectivity index (χ4n) is 3.35. The van der Waals surface area contributed by atoms with E-state index in [2.05, 4.69) is 26.8 Å². The molecule has 0 atom stereocenters. The number of aliphatic hydroxyl groups is 1. The molecule has 1 aliphatic rings. The number of alkyl carbamates (subject to hydrolysis) is 1. The maximum Gasteiger partial charge on any atom is 0.407 e. The smallest absolute Gasteiger partial charge is 0.407 e. The predicted octanol–water partition coefficient (Wildman–Crippen LogP) is 2.46. The number of carbonyl (C=O) groups excluding carboxylic acids is 2. The van der Waals surface area contributed by atoms with Crippen molar-refractivity contribution in [3.05, 3.63) is 35.4 Å². The number of hydrogen-bond acceptors (Lipinski definition) is 10. The summed E-state index contributed by atoms with van der Waals surface area (Å²) in [6.07, 6.45) is 0.0272. The van der Waals surface area contributed by atoms with Gasteiger partial charge in [0.1, 0.15) is 29.7 Å². The number of amides is 2. The molecule has 0 unspecified atom stereocenters. The first kappa shape index (κ1) is 27.6. The number of rotatable bonds is 8. The molecule has 0 bridgehead atoms. The maximum absolute atomic E-state index is 12.9. The summed E-state index contributed by atoms with van der Waals surface area (Å²) in [4.78, 5) is 38.6. The van der Waals surface area contributed by atoms with E-state index in [1.165, 1.54) is 13.8 Å². The zero-order valence-corrected chi connectivity index (χ0v) is 21.5. The number of hydrogen-bond donors (Lipinski definition) is 4. The number of anilines is 1. The van der Waals surface area contributed by atoms with Gasteiger partial charge in [-0.2, -0.15) is 10.2 Å². The van der Waals surface area contributed by atoms with E-state index >= 15 is 0 Å². The minimum Gasteiger partial charge on any atom is -0.473 e. The highest BCUT2D eigenvalue weighted by Gasteiger charge is 2.35. The Bertz CT molecular complexity index is 1190. The van der Waals surface area contributed by atoms with Crippen LogP contribution >= 0.6 is 0 Å². The van der Waals surface area contributed by atoms with Crippen LogP contribution in [-0.4, -0.2) is 57.0 Å². The van der Waals surface area contributed by atoms with E-state index in [9.17, 15) is 20.0 Å². The summed E-state index contributed by atoms with van der Waals surface area (Å²) in [5.41, 5.74) is 7.35. The summed E-state index contributed by atoms with van der Waals surface area (Å²) in [7, 11) is 0. The van der Waals surface area contributed by atoms with Crippen LogP contribution in [0.4, 0.5) is 10.6 Å². The second-order valence-corrected chi connectivity index (χ2v) is 10.4. The summed E-state index contributed by atoms with van der Waals surface area (Å²) < 4.78 is 11.3. The highest BCUT2D eigenvalue weighted by molar-refractivity contribution is 6.00. The maximum atomic E-state index is 12.9. The number of nitriles is 1. The zero-order valence-electron chi connectivity index (χ0n) is 21.5. The molecular formula is C25H32N6O6. The number of aromatic nitrogens is 2. The van der Waals surface area contributed by atoms with E-state index in [-0.39, 0.29) is 41.8 Å². The lowest BCUT2D eigenvalue weighted by molar-refractivity contribution is -0.0523. The average Bonchev–Trinajstić information content (AvgIpc) is 2.75. The van der Waals surface area contributed by atoms with Crippen LogP contribution in [0.2, 0.25) is 0 Å². The van der Waals surface area contributed by atoms with Crippen molar-refractivity contribution in [3.63, 3.8) is 0 Å². The fourth-order valence-corrected chi connectivity index (χ4v) is 3.35.